The number of carboxylic acid groups (broad SMARTS) is 1. The van der Waals surface area contributed by atoms with Gasteiger partial charge in [-0.05, 0) is 19.8 Å². The average molecular weight is 186 g/mol. The molecule has 0 bridgehead atoms. The molecule has 2 amide bonds. The van der Waals surface area contributed by atoms with Crippen LogP contribution in [0.5, 0.6) is 0 Å². The Hall–Kier alpha value is -1.26. The quantitative estimate of drug-likeness (QED) is 0.650. The van der Waals surface area contributed by atoms with Crippen molar-refractivity contribution in [3.05, 3.63) is 0 Å². The van der Waals surface area contributed by atoms with E-state index in [0.717, 1.165) is 19.4 Å². The average Bonchev–Trinajstić information content (AvgIpc) is 2.47. The van der Waals surface area contributed by atoms with Crippen LogP contribution < -0.4 is 5.32 Å². The molecular weight excluding hydrogens is 172 g/mol. The Kier molecular flexibility index (Phi) is 3.11. The second kappa shape index (κ2) is 4.11. The summed E-state index contributed by atoms with van der Waals surface area (Å²) in [6, 6.07) is 0.253. The van der Waals surface area contributed by atoms with Gasteiger partial charge in [-0.1, -0.05) is 0 Å². The van der Waals surface area contributed by atoms with Crippen molar-refractivity contribution in [2.45, 2.75) is 25.8 Å². The van der Waals surface area contributed by atoms with Crippen LogP contribution in [0.15, 0.2) is 0 Å². The molecule has 1 aliphatic rings. The van der Waals surface area contributed by atoms with E-state index in [2.05, 4.69) is 5.32 Å². The van der Waals surface area contributed by atoms with Crippen molar-refractivity contribution in [1.82, 2.24) is 10.2 Å². The molecule has 1 atom stereocenters. The van der Waals surface area contributed by atoms with Gasteiger partial charge in [-0.3, -0.25) is 4.79 Å². The first kappa shape index (κ1) is 9.83. The molecule has 0 saturated carbocycles. The predicted molar refractivity (Wildman–Crippen MR) is 46.4 cm³/mol. The molecule has 0 aromatic carbocycles. The van der Waals surface area contributed by atoms with Crippen LogP contribution in [-0.2, 0) is 4.79 Å². The molecule has 5 nitrogen and oxygen atoms in total. The molecule has 5 heteroatoms. The number of hydrogen-bond donors (Lipinski definition) is 2. The molecule has 1 saturated heterocycles. The minimum atomic E-state index is -1.15. The van der Waals surface area contributed by atoms with Crippen molar-refractivity contribution in [3.8, 4) is 0 Å². The molecular formula is C8H14N2O3. The molecule has 1 heterocycles. The summed E-state index contributed by atoms with van der Waals surface area (Å²) in [5.41, 5.74) is 0. The highest BCUT2D eigenvalue weighted by atomic mass is 16.4. The number of hydrogen-bond acceptors (Lipinski definition) is 2. The molecule has 0 aliphatic carbocycles. The van der Waals surface area contributed by atoms with E-state index in [1.54, 1.807) is 4.90 Å². The largest absolute Gasteiger partial charge is 0.465 e. The van der Waals surface area contributed by atoms with E-state index in [1.165, 1.54) is 0 Å². The lowest BCUT2D eigenvalue weighted by Gasteiger charge is -2.20. The summed E-state index contributed by atoms with van der Waals surface area (Å²) in [5.74, 6) is -0.132. The van der Waals surface area contributed by atoms with E-state index < -0.39 is 6.09 Å². The van der Waals surface area contributed by atoms with Gasteiger partial charge in [-0.2, -0.15) is 0 Å². The molecule has 1 fully saturated rings. The van der Waals surface area contributed by atoms with Crippen molar-refractivity contribution < 1.29 is 14.7 Å². The van der Waals surface area contributed by atoms with E-state index in [1.807, 2.05) is 6.92 Å². The lowest BCUT2D eigenvalue weighted by molar-refractivity contribution is -0.130. The second-order valence-electron chi connectivity index (χ2n) is 3.24. The number of carbonyl (C=O) groups excluding carboxylic acids is 1. The number of rotatable bonds is 2. The maximum absolute atomic E-state index is 11.4. The monoisotopic (exact) mass is 186 g/mol. The zero-order chi connectivity index (χ0) is 9.84. The molecule has 0 aromatic rings. The molecule has 1 aliphatic heterocycles. The van der Waals surface area contributed by atoms with Gasteiger partial charge in [0.25, 0.3) is 0 Å². The Labute approximate surface area is 76.7 Å². The molecule has 0 aromatic heterocycles. The van der Waals surface area contributed by atoms with E-state index in [0.29, 0.717) is 0 Å². The summed E-state index contributed by atoms with van der Waals surface area (Å²) in [6.45, 7) is 2.62. The van der Waals surface area contributed by atoms with Crippen LogP contribution in [0.2, 0.25) is 0 Å². The van der Waals surface area contributed by atoms with Gasteiger partial charge in [0.2, 0.25) is 5.91 Å². The van der Waals surface area contributed by atoms with Gasteiger partial charge in [0, 0.05) is 12.6 Å². The number of likely N-dealkylation sites (tertiary alicyclic amines) is 1. The summed E-state index contributed by atoms with van der Waals surface area (Å²) in [5, 5.41) is 10.4. The number of carbonyl (C=O) groups is 2. The maximum atomic E-state index is 11.4. The lowest BCUT2D eigenvalue weighted by atomic mass is 10.2. The fraction of sp³-hybridized carbons (Fsp3) is 0.750. The molecule has 1 rings (SSSR count). The number of nitrogens with one attached hydrogen (secondary N) is 1. The fourth-order valence-electron chi connectivity index (χ4n) is 1.56. The van der Waals surface area contributed by atoms with Crippen LogP contribution >= 0.6 is 0 Å². The molecule has 1 unspecified atom stereocenters. The third-order valence-electron chi connectivity index (χ3n) is 2.26. The highest BCUT2D eigenvalue weighted by Crippen LogP contribution is 2.15. The van der Waals surface area contributed by atoms with Gasteiger partial charge in [0.05, 0.1) is 0 Å². The lowest BCUT2D eigenvalue weighted by Crippen LogP contribution is -2.41. The molecule has 2 N–H and O–H groups in total. The fourth-order valence-corrected chi connectivity index (χ4v) is 1.56. The van der Waals surface area contributed by atoms with Crippen LogP contribution in [0.4, 0.5) is 4.79 Å². The Bertz CT molecular complexity index is 217. The van der Waals surface area contributed by atoms with Gasteiger partial charge >= 0.3 is 6.09 Å². The molecule has 0 radical (unpaired) electrons. The topological polar surface area (TPSA) is 69.6 Å². The van der Waals surface area contributed by atoms with Crippen LogP contribution in [0.25, 0.3) is 0 Å². The van der Waals surface area contributed by atoms with E-state index in [-0.39, 0.29) is 18.5 Å². The Morgan fingerprint density at radius 1 is 1.62 bits per heavy atom. The van der Waals surface area contributed by atoms with Crippen molar-refractivity contribution in [2.24, 2.45) is 0 Å². The van der Waals surface area contributed by atoms with Crippen molar-refractivity contribution in [1.29, 1.82) is 0 Å². The summed E-state index contributed by atoms with van der Waals surface area (Å²) in [6.07, 6.45) is 0.874. The first-order valence-corrected chi connectivity index (χ1v) is 4.37. The SMILES string of the molecule is CC1CCCN1C(=O)CNC(=O)O. The van der Waals surface area contributed by atoms with Gasteiger partial charge < -0.3 is 15.3 Å². The van der Waals surface area contributed by atoms with Crippen LogP contribution in [0, 0.1) is 0 Å². The summed E-state index contributed by atoms with van der Waals surface area (Å²) in [4.78, 5) is 23.2. The first-order chi connectivity index (χ1) is 6.11. The minimum absolute atomic E-state index is 0.111. The highest BCUT2D eigenvalue weighted by molar-refractivity contribution is 5.82. The maximum Gasteiger partial charge on any atom is 0.405 e. The van der Waals surface area contributed by atoms with Crippen LogP contribution in [0.1, 0.15) is 19.8 Å². The zero-order valence-corrected chi connectivity index (χ0v) is 7.62. The van der Waals surface area contributed by atoms with E-state index >= 15 is 0 Å². The summed E-state index contributed by atoms with van der Waals surface area (Å²) < 4.78 is 0. The third-order valence-corrected chi connectivity index (χ3v) is 2.26. The molecule has 74 valence electrons. The molecule has 0 spiro atoms. The predicted octanol–water partition coefficient (Wildman–Crippen LogP) is 0.265. The highest BCUT2D eigenvalue weighted by Gasteiger charge is 2.24. The number of amides is 2. The van der Waals surface area contributed by atoms with Gasteiger partial charge in [0.15, 0.2) is 0 Å². The standard InChI is InChI=1S/C8H14N2O3/c1-6-3-2-4-10(6)7(11)5-9-8(12)13/h6,9H,2-5H2,1H3,(H,12,13). The zero-order valence-electron chi connectivity index (χ0n) is 7.62. The van der Waals surface area contributed by atoms with Crippen LogP contribution in [-0.4, -0.2) is 41.1 Å². The Morgan fingerprint density at radius 3 is 2.77 bits per heavy atom. The number of nitrogens with zero attached hydrogens (tertiary/aromatic N) is 1. The van der Waals surface area contributed by atoms with Crippen LogP contribution in [0.3, 0.4) is 0 Å². The van der Waals surface area contributed by atoms with Crippen molar-refractivity contribution >= 4 is 12.0 Å². The smallest absolute Gasteiger partial charge is 0.405 e. The first-order valence-electron chi connectivity index (χ1n) is 4.37. The van der Waals surface area contributed by atoms with Crippen molar-refractivity contribution in [2.75, 3.05) is 13.1 Å². The summed E-state index contributed by atoms with van der Waals surface area (Å²) >= 11 is 0. The van der Waals surface area contributed by atoms with Gasteiger partial charge in [-0.25, -0.2) is 4.79 Å². The Morgan fingerprint density at radius 2 is 2.31 bits per heavy atom. The van der Waals surface area contributed by atoms with Gasteiger partial charge in [0.1, 0.15) is 6.54 Å². The summed E-state index contributed by atoms with van der Waals surface area (Å²) in [7, 11) is 0. The minimum Gasteiger partial charge on any atom is -0.465 e. The van der Waals surface area contributed by atoms with E-state index in [9.17, 15) is 9.59 Å². The third kappa shape index (κ3) is 2.61. The van der Waals surface area contributed by atoms with E-state index in [4.69, 9.17) is 5.11 Å². The Balaban J connectivity index is 2.34. The normalized spacial score (nSPS) is 21.6. The second-order valence-corrected chi connectivity index (χ2v) is 3.24. The van der Waals surface area contributed by atoms with Crippen molar-refractivity contribution in [3.63, 3.8) is 0 Å². The molecule has 13 heavy (non-hydrogen) atoms. The van der Waals surface area contributed by atoms with Gasteiger partial charge in [-0.15, -0.1) is 0 Å².